The highest BCUT2D eigenvalue weighted by atomic mass is 16.5. The van der Waals surface area contributed by atoms with Crippen molar-refractivity contribution in [3.63, 3.8) is 0 Å². The van der Waals surface area contributed by atoms with Crippen molar-refractivity contribution in [3.05, 3.63) is 54.1 Å². The quantitative estimate of drug-likeness (QED) is 0.707. The summed E-state index contributed by atoms with van der Waals surface area (Å²) < 4.78 is 13.4. The van der Waals surface area contributed by atoms with Gasteiger partial charge >= 0.3 is 0 Å². The van der Waals surface area contributed by atoms with Gasteiger partial charge in [-0.05, 0) is 41.5 Å². The SMILES string of the molecule is COc1ccc2cc(C3CN(CCn4cnnc4C)CCO3)ccc2c1. The number of methoxy groups -OCH3 is 1. The molecule has 1 atom stereocenters. The van der Waals surface area contributed by atoms with Gasteiger partial charge in [-0.25, -0.2) is 0 Å². The lowest BCUT2D eigenvalue weighted by Gasteiger charge is -2.33. The third-order valence-corrected chi connectivity index (χ3v) is 5.06. The van der Waals surface area contributed by atoms with Gasteiger partial charge in [-0.1, -0.05) is 18.2 Å². The van der Waals surface area contributed by atoms with Crippen molar-refractivity contribution in [3.8, 4) is 5.75 Å². The van der Waals surface area contributed by atoms with Crippen LogP contribution in [-0.4, -0.2) is 53.0 Å². The van der Waals surface area contributed by atoms with Crippen molar-refractivity contribution in [2.24, 2.45) is 0 Å². The van der Waals surface area contributed by atoms with E-state index < -0.39 is 0 Å². The van der Waals surface area contributed by atoms with Gasteiger partial charge in [0, 0.05) is 26.2 Å². The second-order valence-electron chi connectivity index (χ2n) is 6.70. The first-order valence-corrected chi connectivity index (χ1v) is 8.99. The Balaban J connectivity index is 1.45. The van der Waals surface area contributed by atoms with Crippen LogP contribution in [0.15, 0.2) is 42.7 Å². The number of fused-ring (bicyclic) bond motifs is 1. The van der Waals surface area contributed by atoms with Gasteiger partial charge < -0.3 is 14.0 Å². The van der Waals surface area contributed by atoms with E-state index in [9.17, 15) is 0 Å². The van der Waals surface area contributed by atoms with Gasteiger partial charge in [0.15, 0.2) is 0 Å². The van der Waals surface area contributed by atoms with Gasteiger partial charge in [-0.3, -0.25) is 4.90 Å². The van der Waals surface area contributed by atoms with Crippen molar-refractivity contribution in [1.29, 1.82) is 0 Å². The average molecular weight is 352 g/mol. The van der Waals surface area contributed by atoms with Crippen LogP contribution >= 0.6 is 0 Å². The van der Waals surface area contributed by atoms with Gasteiger partial charge in [-0.15, -0.1) is 10.2 Å². The molecular formula is C20H24N4O2. The maximum atomic E-state index is 6.05. The smallest absolute Gasteiger partial charge is 0.129 e. The summed E-state index contributed by atoms with van der Waals surface area (Å²) in [7, 11) is 1.70. The molecule has 1 unspecified atom stereocenters. The van der Waals surface area contributed by atoms with E-state index in [1.807, 2.05) is 13.0 Å². The summed E-state index contributed by atoms with van der Waals surface area (Å²) in [4.78, 5) is 2.45. The van der Waals surface area contributed by atoms with Crippen molar-refractivity contribution >= 4 is 10.8 Å². The van der Waals surface area contributed by atoms with E-state index in [1.54, 1.807) is 13.4 Å². The minimum atomic E-state index is 0.109. The number of nitrogens with zero attached hydrogens (tertiary/aromatic N) is 4. The number of aryl methyl sites for hydroxylation is 1. The Morgan fingerprint density at radius 1 is 1.15 bits per heavy atom. The lowest BCUT2D eigenvalue weighted by molar-refractivity contribution is -0.0308. The van der Waals surface area contributed by atoms with Crippen molar-refractivity contribution < 1.29 is 9.47 Å². The van der Waals surface area contributed by atoms with E-state index in [-0.39, 0.29) is 6.10 Å². The van der Waals surface area contributed by atoms with Crippen molar-refractivity contribution in [1.82, 2.24) is 19.7 Å². The summed E-state index contributed by atoms with van der Waals surface area (Å²) in [6, 6.07) is 12.7. The average Bonchev–Trinajstić information content (AvgIpc) is 3.10. The monoisotopic (exact) mass is 352 g/mol. The summed E-state index contributed by atoms with van der Waals surface area (Å²) in [5.74, 6) is 1.84. The van der Waals surface area contributed by atoms with Crippen LogP contribution < -0.4 is 4.74 Å². The fourth-order valence-corrected chi connectivity index (χ4v) is 3.46. The van der Waals surface area contributed by atoms with Crippen molar-refractivity contribution in [2.45, 2.75) is 19.6 Å². The predicted octanol–water partition coefficient (Wildman–Crippen LogP) is 2.82. The maximum absolute atomic E-state index is 6.05. The van der Waals surface area contributed by atoms with Crippen LogP contribution in [0.2, 0.25) is 0 Å². The molecule has 26 heavy (non-hydrogen) atoms. The second-order valence-corrected chi connectivity index (χ2v) is 6.70. The zero-order valence-corrected chi connectivity index (χ0v) is 15.3. The molecule has 1 saturated heterocycles. The van der Waals surface area contributed by atoms with Crippen LogP contribution in [0, 0.1) is 6.92 Å². The largest absolute Gasteiger partial charge is 0.497 e. The Morgan fingerprint density at radius 3 is 2.81 bits per heavy atom. The van der Waals surface area contributed by atoms with E-state index in [0.29, 0.717) is 0 Å². The van der Waals surface area contributed by atoms with E-state index in [0.717, 1.165) is 44.4 Å². The molecule has 0 saturated carbocycles. The van der Waals surface area contributed by atoms with Gasteiger partial charge in [-0.2, -0.15) is 0 Å². The molecule has 0 aliphatic carbocycles. The number of ether oxygens (including phenoxy) is 2. The molecule has 1 fully saturated rings. The van der Waals surface area contributed by atoms with E-state index in [2.05, 4.69) is 50.0 Å². The van der Waals surface area contributed by atoms with Gasteiger partial charge in [0.1, 0.15) is 17.9 Å². The van der Waals surface area contributed by atoms with Crippen LogP contribution in [0.3, 0.4) is 0 Å². The predicted molar refractivity (Wildman–Crippen MR) is 100 cm³/mol. The normalized spacial score (nSPS) is 18.3. The summed E-state index contributed by atoms with van der Waals surface area (Å²) in [5.41, 5.74) is 1.23. The molecule has 136 valence electrons. The minimum absolute atomic E-state index is 0.109. The summed E-state index contributed by atoms with van der Waals surface area (Å²) in [6.45, 7) is 6.49. The van der Waals surface area contributed by atoms with Gasteiger partial charge in [0.05, 0.1) is 19.8 Å². The Morgan fingerprint density at radius 2 is 2.00 bits per heavy atom. The number of rotatable bonds is 5. The zero-order valence-electron chi connectivity index (χ0n) is 15.3. The third kappa shape index (κ3) is 3.57. The maximum Gasteiger partial charge on any atom is 0.129 e. The first-order chi connectivity index (χ1) is 12.7. The van der Waals surface area contributed by atoms with Gasteiger partial charge in [0.2, 0.25) is 0 Å². The second kappa shape index (κ2) is 7.43. The molecule has 1 aliphatic heterocycles. The van der Waals surface area contributed by atoms with E-state index in [4.69, 9.17) is 9.47 Å². The molecule has 1 aromatic heterocycles. The highest BCUT2D eigenvalue weighted by molar-refractivity contribution is 5.84. The van der Waals surface area contributed by atoms with E-state index >= 15 is 0 Å². The Bertz CT molecular complexity index is 892. The number of hydrogen-bond acceptors (Lipinski definition) is 5. The fourth-order valence-electron chi connectivity index (χ4n) is 3.46. The number of hydrogen-bond donors (Lipinski definition) is 0. The number of morpholine rings is 1. The van der Waals surface area contributed by atoms with Crippen LogP contribution in [0.1, 0.15) is 17.5 Å². The lowest BCUT2D eigenvalue weighted by Crippen LogP contribution is -2.40. The third-order valence-electron chi connectivity index (χ3n) is 5.06. The Labute approximate surface area is 153 Å². The molecule has 0 radical (unpaired) electrons. The topological polar surface area (TPSA) is 52.4 Å². The van der Waals surface area contributed by atoms with Crippen LogP contribution in [0.4, 0.5) is 0 Å². The molecule has 0 bridgehead atoms. The Kier molecular flexibility index (Phi) is 4.86. The molecule has 2 aromatic carbocycles. The molecule has 6 heteroatoms. The molecule has 4 rings (SSSR count). The molecule has 0 N–H and O–H groups in total. The molecule has 0 spiro atoms. The number of aromatic nitrogens is 3. The molecule has 6 nitrogen and oxygen atoms in total. The summed E-state index contributed by atoms with van der Waals surface area (Å²) in [5, 5.41) is 10.4. The van der Waals surface area contributed by atoms with Gasteiger partial charge in [0.25, 0.3) is 0 Å². The standard InChI is InChI=1S/C20H24N4O2/c1-15-22-21-14-24(15)8-7-23-9-10-26-20(13-23)18-4-3-17-12-19(25-2)6-5-16(17)11-18/h3-6,11-12,14,20H,7-10,13H2,1-2H3. The minimum Gasteiger partial charge on any atom is -0.497 e. The van der Waals surface area contributed by atoms with Crippen LogP contribution in [-0.2, 0) is 11.3 Å². The highest BCUT2D eigenvalue weighted by Gasteiger charge is 2.22. The molecule has 1 aliphatic rings. The molecule has 2 heterocycles. The van der Waals surface area contributed by atoms with E-state index in [1.165, 1.54) is 16.3 Å². The fraction of sp³-hybridized carbons (Fsp3) is 0.400. The zero-order chi connectivity index (χ0) is 17.9. The molecule has 3 aromatic rings. The van der Waals surface area contributed by atoms with Crippen LogP contribution in [0.5, 0.6) is 5.75 Å². The summed E-state index contributed by atoms with van der Waals surface area (Å²) >= 11 is 0. The molecular weight excluding hydrogens is 328 g/mol. The lowest BCUT2D eigenvalue weighted by atomic mass is 10.0. The first kappa shape index (κ1) is 17.0. The highest BCUT2D eigenvalue weighted by Crippen LogP contribution is 2.27. The first-order valence-electron chi connectivity index (χ1n) is 8.99. The van der Waals surface area contributed by atoms with Crippen LogP contribution in [0.25, 0.3) is 10.8 Å². The number of benzene rings is 2. The molecule has 0 amide bonds. The Hall–Kier alpha value is -2.44. The summed E-state index contributed by atoms with van der Waals surface area (Å²) in [6.07, 6.45) is 1.91. The van der Waals surface area contributed by atoms with Crippen molar-refractivity contribution in [2.75, 3.05) is 33.4 Å².